The number of anilines is 1. The molecule has 0 aliphatic heterocycles. The van der Waals surface area contributed by atoms with E-state index in [1.165, 1.54) is 0 Å². The Kier molecular flexibility index (Phi) is 5.03. The van der Waals surface area contributed by atoms with Crippen molar-refractivity contribution in [1.82, 2.24) is 10.4 Å². The number of nitrogens with two attached hydrogens (primary N) is 2. The fourth-order valence-corrected chi connectivity index (χ4v) is 1.28. The van der Waals surface area contributed by atoms with E-state index in [0.29, 0.717) is 12.3 Å². The molecule has 0 amide bonds. The Hall–Kier alpha value is -1.17. The SMILES string of the molecule is CCCOCC(NN)c1cnccc1N. The quantitative estimate of drug-likeness (QED) is 0.363. The van der Waals surface area contributed by atoms with E-state index < -0.39 is 0 Å². The second-order valence-electron chi connectivity index (χ2n) is 3.30. The zero-order valence-electron chi connectivity index (χ0n) is 8.94. The first kappa shape index (κ1) is 11.9. The van der Waals surface area contributed by atoms with E-state index in [-0.39, 0.29) is 6.04 Å². The van der Waals surface area contributed by atoms with Crippen LogP contribution in [0.1, 0.15) is 24.9 Å². The van der Waals surface area contributed by atoms with Gasteiger partial charge >= 0.3 is 0 Å². The molecule has 1 rings (SSSR count). The molecule has 1 aromatic heterocycles. The van der Waals surface area contributed by atoms with E-state index in [9.17, 15) is 0 Å². The highest BCUT2D eigenvalue weighted by molar-refractivity contribution is 5.46. The van der Waals surface area contributed by atoms with Crippen LogP contribution >= 0.6 is 0 Å². The number of rotatable bonds is 6. The minimum Gasteiger partial charge on any atom is -0.398 e. The molecule has 1 unspecified atom stereocenters. The van der Waals surface area contributed by atoms with Crippen LogP contribution in [0.2, 0.25) is 0 Å². The predicted octanol–water partition coefficient (Wildman–Crippen LogP) is 0.595. The van der Waals surface area contributed by atoms with Gasteiger partial charge in [0.15, 0.2) is 0 Å². The van der Waals surface area contributed by atoms with Crippen molar-refractivity contribution < 1.29 is 4.74 Å². The van der Waals surface area contributed by atoms with E-state index in [4.69, 9.17) is 16.3 Å². The maximum absolute atomic E-state index is 5.81. The lowest BCUT2D eigenvalue weighted by molar-refractivity contribution is 0.112. The number of hydrazine groups is 1. The van der Waals surface area contributed by atoms with Gasteiger partial charge in [-0.1, -0.05) is 6.92 Å². The van der Waals surface area contributed by atoms with E-state index in [2.05, 4.69) is 17.3 Å². The Labute approximate surface area is 89.8 Å². The summed E-state index contributed by atoms with van der Waals surface area (Å²) < 4.78 is 5.42. The van der Waals surface area contributed by atoms with Crippen LogP contribution in [-0.4, -0.2) is 18.2 Å². The number of hydrogen-bond acceptors (Lipinski definition) is 5. The van der Waals surface area contributed by atoms with Crippen molar-refractivity contribution in [3.05, 3.63) is 24.0 Å². The van der Waals surface area contributed by atoms with Gasteiger partial charge in [-0.3, -0.25) is 16.3 Å². The van der Waals surface area contributed by atoms with Gasteiger partial charge in [0.25, 0.3) is 0 Å². The highest BCUT2D eigenvalue weighted by atomic mass is 16.5. The zero-order valence-corrected chi connectivity index (χ0v) is 8.94. The van der Waals surface area contributed by atoms with Gasteiger partial charge in [-0.25, -0.2) is 0 Å². The summed E-state index contributed by atoms with van der Waals surface area (Å²) in [6, 6.07) is 1.64. The molecular formula is C10H18N4O. The molecule has 15 heavy (non-hydrogen) atoms. The number of aromatic nitrogens is 1. The molecule has 1 aromatic rings. The molecule has 0 aliphatic rings. The van der Waals surface area contributed by atoms with Crippen molar-refractivity contribution in [2.24, 2.45) is 5.84 Å². The molecule has 0 radical (unpaired) electrons. The maximum Gasteiger partial charge on any atom is 0.0729 e. The number of nitrogen functional groups attached to an aromatic ring is 1. The fourth-order valence-electron chi connectivity index (χ4n) is 1.28. The second-order valence-corrected chi connectivity index (χ2v) is 3.30. The average molecular weight is 210 g/mol. The van der Waals surface area contributed by atoms with E-state index in [0.717, 1.165) is 18.6 Å². The van der Waals surface area contributed by atoms with Gasteiger partial charge in [0.2, 0.25) is 0 Å². The summed E-state index contributed by atoms with van der Waals surface area (Å²) in [6.07, 6.45) is 4.34. The van der Waals surface area contributed by atoms with Gasteiger partial charge in [-0.15, -0.1) is 0 Å². The largest absolute Gasteiger partial charge is 0.398 e. The smallest absolute Gasteiger partial charge is 0.0729 e. The number of nitrogens with zero attached hydrogens (tertiary/aromatic N) is 1. The highest BCUT2D eigenvalue weighted by Crippen LogP contribution is 2.18. The van der Waals surface area contributed by atoms with Gasteiger partial charge in [-0.2, -0.15) is 0 Å². The summed E-state index contributed by atoms with van der Waals surface area (Å²) in [5.74, 6) is 5.44. The summed E-state index contributed by atoms with van der Waals surface area (Å²) >= 11 is 0. The van der Waals surface area contributed by atoms with E-state index in [1.54, 1.807) is 18.5 Å². The van der Waals surface area contributed by atoms with Crippen molar-refractivity contribution in [3.63, 3.8) is 0 Å². The van der Waals surface area contributed by atoms with Crippen LogP contribution in [0.25, 0.3) is 0 Å². The molecule has 5 nitrogen and oxygen atoms in total. The Morgan fingerprint density at radius 3 is 3.00 bits per heavy atom. The van der Waals surface area contributed by atoms with Gasteiger partial charge in [-0.05, 0) is 12.5 Å². The molecule has 0 saturated heterocycles. The van der Waals surface area contributed by atoms with Crippen LogP contribution in [-0.2, 0) is 4.74 Å². The molecule has 0 aromatic carbocycles. The van der Waals surface area contributed by atoms with Crippen LogP contribution in [0.15, 0.2) is 18.5 Å². The second kappa shape index (κ2) is 6.34. The summed E-state index contributed by atoms with van der Waals surface area (Å²) in [6.45, 7) is 3.28. The molecule has 0 bridgehead atoms. The summed E-state index contributed by atoms with van der Waals surface area (Å²) in [4.78, 5) is 4.01. The van der Waals surface area contributed by atoms with Crippen LogP contribution < -0.4 is 17.0 Å². The number of nitrogens with one attached hydrogen (secondary N) is 1. The topological polar surface area (TPSA) is 86.2 Å². The van der Waals surface area contributed by atoms with Crippen molar-refractivity contribution in [1.29, 1.82) is 0 Å². The van der Waals surface area contributed by atoms with Crippen LogP contribution in [0.4, 0.5) is 5.69 Å². The molecule has 1 atom stereocenters. The van der Waals surface area contributed by atoms with Crippen molar-refractivity contribution >= 4 is 5.69 Å². The third-order valence-corrected chi connectivity index (χ3v) is 2.10. The average Bonchev–Trinajstić information content (AvgIpc) is 2.26. The zero-order chi connectivity index (χ0) is 11.1. The number of ether oxygens (including phenoxy) is 1. The monoisotopic (exact) mass is 210 g/mol. The molecule has 0 saturated carbocycles. The summed E-state index contributed by atoms with van der Waals surface area (Å²) in [5.41, 5.74) is 10.0. The predicted molar refractivity (Wildman–Crippen MR) is 59.8 cm³/mol. The van der Waals surface area contributed by atoms with Crippen LogP contribution in [0, 0.1) is 0 Å². The summed E-state index contributed by atoms with van der Waals surface area (Å²) in [7, 11) is 0. The first-order chi connectivity index (χ1) is 7.29. The van der Waals surface area contributed by atoms with Gasteiger partial charge < -0.3 is 10.5 Å². The standard InChI is InChI=1S/C10H18N4O/c1-2-5-15-7-10(14-12)8-6-13-4-3-9(8)11/h3-4,6,10,14H,2,5,7,12H2,1H3,(H2,11,13). The molecule has 0 aliphatic carbocycles. The summed E-state index contributed by atoms with van der Waals surface area (Å²) in [5, 5.41) is 0. The minimum absolute atomic E-state index is 0.106. The van der Waals surface area contributed by atoms with Crippen LogP contribution in [0.5, 0.6) is 0 Å². The number of hydrogen-bond donors (Lipinski definition) is 3. The maximum atomic E-state index is 5.81. The highest BCUT2D eigenvalue weighted by Gasteiger charge is 2.12. The molecule has 5 heteroatoms. The normalized spacial score (nSPS) is 12.7. The number of pyridine rings is 1. The molecule has 0 fully saturated rings. The Balaban J connectivity index is 2.61. The van der Waals surface area contributed by atoms with Crippen molar-refractivity contribution in [2.45, 2.75) is 19.4 Å². The Bertz CT molecular complexity index is 293. The fraction of sp³-hybridized carbons (Fsp3) is 0.500. The third kappa shape index (κ3) is 3.47. The lowest BCUT2D eigenvalue weighted by atomic mass is 10.1. The van der Waals surface area contributed by atoms with Crippen molar-refractivity contribution in [3.8, 4) is 0 Å². The van der Waals surface area contributed by atoms with Gasteiger partial charge in [0, 0.05) is 30.3 Å². The molecule has 84 valence electrons. The first-order valence-corrected chi connectivity index (χ1v) is 5.02. The van der Waals surface area contributed by atoms with Crippen LogP contribution in [0.3, 0.4) is 0 Å². The molecule has 0 spiro atoms. The van der Waals surface area contributed by atoms with Crippen molar-refractivity contribution in [2.75, 3.05) is 18.9 Å². The molecule has 1 heterocycles. The Morgan fingerprint density at radius 1 is 1.60 bits per heavy atom. The third-order valence-electron chi connectivity index (χ3n) is 2.10. The van der Waals surface area contributed by atoms with Gasteiger partial charge in [0.1, 0.15) is 0 Å². The Morgan fingerprint density at radius 2 is 2.40 bits per heavy atom. The molecule has 5 N–H and O–H groups in total. The minimum atomic E-state index is -0.106. The molecular weight excluding hydrogens is 192 g/mol. The lowest BCUT2D eigenvalue weighted by Gasteiger charge is -2.17. The van der Waals surface area contributed by atoms with E-state index >= 15 is 0 Å². The van der Waals surface area contributed by atoms with E-state index in [1.807, 2.05) is 0 Å². The lowest BCUT2D eigenvalue weighted by Crippen LogP contribution is -2.32. The first-order valence-electron chi connectivity index (χ1n) is 5.02. The van der Waals surface area contributed by atoms with Gasteiger partial charge in [0.05, 0.1) is 12.6 Å².